The number of nitrogens with zero attached hydrogens (tertiary/aromatic N) is 1. The molecule has 3 rings (SSSR count). The van der Waals surface area contributed by atoms with Crippen LogP contribution in [0.1, 0.15) is 9.67 Å². The van der Waals surface area contributed by atoms with E-state index < -0.39 is 18.9 Å². The number of halogens is 2. The monoisotopic (exact) mass is 307 g/mol. The number of carbonyl (C=O) groups is 1. The summed E-state index contributed by atoms with van der Waals surface area (Å²) < 4.78 is 25.2. The highest BCUT2D eigenvalue weighted by atomic mass is 32.1. The fourth-order valence-corrected chi connectivity index (χ4v) is 3.26. The molecular weight excluding hydrogens is 296 g/mol. The number of carbonyl (C=O) groups excluding carboxylic acids is 1. The van der Waals surface area contributed by atoms with E-state index in [9.17, 15) is 13.6 Å². The number of alkyl halides is 2. The molecular formula is C14H11F2N3OS. The van der Waals surface area contributed by atoms with Crippen LogP contribution in [-0.2, 0) is 0 Å². The summed E-state index contributed by atoms with van der Waals surface area (Å²) in [7, 11) is 0. The molecule has 1 aromatic carbocycles. The van der Waals surface area contributed by atoms with Crippen LogP contribution in [0.4, 0.5) is 14.5 Å². The van der Waals surface area contributed by atoms with E-state index in [0.29, 0.717) is 5.39 Å². The summed E-state index contributed by atoms with van der Waals surface area (Å²) in [5, 5.41) is 3.73. The van der Waals surface area contributed by atoms with Gasteiger partial charge in [-0.15, -0.1) is 11.3 Å². The Bertz CT molecular complexity index is 832. The fourth-order valence-electron chi connectivity index (χ4n) is 2.12. The zero-order valence-electron chi connectivity index (χ0n) is 10.8. The molecule has 1 amide bonds. The number of benzene rings is 1. The summed E-state index contributed by atoms with van der Waals surface area (Å²) in [5.41, 5.74) is 7.03. The molecule has 0 unspecified atom stereocenters. The Morgan fingerprint density at radius 3 is 2.86 bits per heavy atom. The molecule has 7 heteroatoms. The largest absolute Gasteiger partial charge is 0.397 e. The van der Waals surface area contributed by atoms with Crippen LogP contribution in [0.3, 0.4) is 0 Å². The van der Waals surface area contributed by atoms with Gasteiger partial charge in [0.1, 0.15) is 4.88 Å². The van der Waals surface area contributed by atoms with Gasteiger partial charge in [-0.3, -0.25) is 9.78 Å². The Hall–Kier alpha value is -2.28. The predicted molar refractivity (Wildman–Crippen MR) is 79.9 cm³/mol. The molecule has 3 aromatic rings. The minimum atomic E-state index is -2.59. The third-order valence-electron chi connectivity index (χ3n) is 3.09. The normalized spacial score (nSPS) is 11.4. The van der Waals surface area contributed by atoms with Gasteiger partial charge in [-0.25, -0.2) is 8.78 Å². The summed E-state index contributed by atoms with van der Waals surface area (Å²) in [6.45, 7) is -0.689. The van der Waals surface area contributed by atoms with Crippen molar-refractivity contribution in [1.82, 2.24) is 10.3 Å². The van der Waals surface area contributed by atoms with Crippen LogP contribution in [0.15, 0.2) is 30.5 Å². The minimum absolute atomic E-state index is 0.240. The van der Waals surface area contributed by atoms with Gasteiger partial charge in [0.25, 0.3) is 12.3 Å². The van der Waals surface area contributed by atoms with E-state index in [-0.39, 0.29) is 10.6 Å². The molecule has 0 aliphatic carbocycles. The molecule has 108 valence electrons. The Kier molecular flexibility index (Phi) is 3.42. The second-order valence-corrected chi connectivity index (χ2v) is 5.48. The predicted octanol–water partition coefficient (Wildman–Crippen LogP) is 3.03. The zero-order valence-corrected chi connectivity index (χ0v) is 11.6. The summed E-state index contributed by atoms with van der Waals surface area (Å²) in [4.78, 5) is 16.5. The molecule has 2 aromatic heterocycles. The standard InChI is InChI=1S/C14H11F2N3OS/c15-10(16)6-19-14(20)13-11(17)8-5-18-9-4-2-1-3-7(9)12(8)21-13/h1-5,10H,6,17H2,(H,19,20). The number of pyridine rings is 1. The number of aromatic nitrogens is 1. The van der Waals surface area contributed by atoms with E-state index in [4.69, 9.17) is 5.73 Å². The van der Waals surface area contributed by atoms with Gasteiger partial charge in [0, 0.05) is 21.7 Å². The molecule has 0 bridgehead atoms. The van der Waals surface area contributed by atoms with Gasteiger partial charge < -0.3 is 11.1 Å². The minimum Gasteiger partial charge on any atom is -0.397 e. The highest BCUT2D eigenvalue weighted by Crippen LogP contribution is 2.37. The highest BCUT2D eigenvalue weighted by molar-refractivity contribution is 7.22. The first-order valence-electron chi connectivity index (χ1n) is 6.20. The van der Waals surface area contributed by atoms with Crippen LogP contribution in [0, 0.1) is 0 Å². The lowest BCUT2D eigenvalue weighted by Crippen LogP contribution is -2.28. The van der Waals surface area contributed by atoms with Crippen molar-refractivity contribution in [2.75, 3.05) is 12.3 Å². The van der Waals surface area contributed by atoms with Crippen molar-refractivity contribution >= 4 is 43.9 Å². The zero-order chi connectivity index (χ0) is 15.0. The van der Waals surface area contributed by atoms with Gasteiger partial charge >= 0.3 is 0 Å². The number of anilines is 1. The number of nitrogens with two attached hydrogens (primary N) is 1. The van der Waals surface area contributed by atoms with Crippen molar-refractivity contribution < 1.29 is 13.6 Å². The Morgan fingerprint density at radius 2 is 2.10 bits per heavy atom. The van der Waals surface area contributed by atoms with Crippen molar-refractivity contribution in [3.05, 3.63) is 35.3 Å². The number of rotatable bonds is 3. The third kappa shape index (κ3) is 2.40. The van der Waals surface area contributed by atoms with E-state index in [2.05, 4.69) is 10.3 Å². The number of nitrogen functional groups attached to an aromatic ring is 1. The summed E-state index contributed by atoms with van der Waals surface area (Å²) >= 11 is 1.19. The number of hydrogen-bond acceptors (Lipinski definition) is 4. The van der Waals surface area contributed by atoms with Gasteiger partial charge in [-0.2, -0.15) is 0 Å². The molecule has 0 saturated carbocycles. The quantitative estimate of drug-likeness (QED) is 0.781. The summed E-state index contributed by atoms with van der Waals surface area (Å²) in [6, 6.07) is 7.49. The van der Waals surface area contributed by atoms with Crippen LogP contribution in [0.25, 0.3) is 21.0 Å². The van der Waals surface area contributed by atoms with Gasteiger partial charge in [0.2, 0.25) is 0 Å². The van der Waals surface area contributed by atoms with Crippen LogP contribution in [0.2, 0.25) is 0 Å². The average molecular weight is 307 g/mol. The first-order chi connectivity index (χ1) is 10.1. The van der Waals surface area contributed by atoms with Crippen LogP contribution < -0.4 is 11.1 Å². The lowest BCUT2D eigenvalue weighted by molar-refractivity contribution is 0.0896. The molecule has 0 aliphatic heterocycles. The molecule has 0 spiro atoms. The molecule has 21 heavy (non-hydrogen) atoms. The molecule has 0 saturated heterocycles. The Balaban J connectivity index is 2.10. The lowest BCUT2D eigenvalue weighted by Gasteiger charge is -2.02. The smallest absolute Gasteiger partial charge is 0.263 e. The van der Waals surface area contributed by atoms with Crippen molar-refractivity contribution in [2.24, 2.45) is 0 Å². The maximum absolute atomic E-state index is 12.2. The van der Waals surface area contributed by atoms with E-state index in [0.717, 1.165) is 15.6 Å². The molecule has 2 heterocycles. The van der Waals surface area contributed by atoms with E-state index in [1.165, 1.54) is 11.3 Å². The SMILES string of the molecule is Nc1c(C(=O)NCC(F)F)sc2c1cnc1ccccc12. The van der Waals surface area contributed by atoms with Crippen molar-refractivity contribution in [1.29, 1.82) is 0 Å². The number of para-hydroxylation sites is 1. The van der Waals surface area contributed by atoms with Gasteiger partial charge in [-0.05, 0) is 6.07 Å². The van der Waals surface area contributed by atoms with Crippen molar-refractivity contribution in [3.63, 3.8) is 0 Å². The second-order valence-electron chi connectivity index (χ2n) is 4.46. The topological polar surface area (TPSA) is 68.0 Å². The average Bonchev–Trinajstić information content (AvgIpc) is 2.82. The second kappa shape index (κ2) is 5.25. The van der Waals surface area contributed by atoms with E-state index in [1.54, 1.807) is 6.20 Å². The number of fused-ring (bicyclic) bond motifs is 3. The lowest BCUT2D eigenvalue weighted by atomic mass is 10.1. The van der Waals surface area contributed by atoms with Crippen LogP contribution in [0.5, 0.6) is 0 Å². The molecule has 3 N–H and O–H groups in total. The fraction of sp³-hybridized carbons (Fsp3) is 0.143. The van der Waals surface area contributed by atoms with Gasteiger partial charge in [0.15, 0.2) is 0 Å². The third-order valence-corrected chi connectivity index (χ3v) is 4.34. The molecule has 0 aliphatic rings. The van der Waals surface area contributed by atoms with Gasteiger partial charge in [0.05, 0.1) is 17.7 Å². The summed E-state index contributed by atoms with van der Waals surface area (Å²) in [6.07, 6.45) is -0.986. The van der Waals surface area contributed by atoms with E-state index in [1.807, 2.05) is 24.3 Å². The molecule has 0 fully saturated rings. The molecule has 0 radical (unpaired) electrons. The van der Waals surface area contributed by atoms with Crippen LogP contribution >= 0.6 is 11.3 Å². The first-order valence-corrected chi connectivity index (χ1v) is 7.01. The van der Waals surface area contributed by atoms with Crippen molar-refractivity contribution in [3.8, 4) is 0 Å². The molecule has 0 atom stereocenters. The highest BCUT2D eigenvalue weighted by Gasteiger charge is 2.18. The first kappa shape index (κ1) is 13.7. The van der Waals surface area contributed by atoms with Crippen molar-refractivity contribution in [2.45, 2.75) is 6.43 Å². The van der Waals surface area contributed by atoms with E-state index >= 15 is 0 Å². The number of nitrogens with one attached hydrogen (secondary N) is 1. The number of hydrogen-bond donors (Lipinski definition) is 2. The maximum Gasteiger partial charge on any atom is 0.263 e. The summed E-state index contributed by atoms with van der Waals surface area (Å²) in [5.74, 6) is -0.585. The Morgan fingerprint density at radius 1 is 1.33 bits per heavy atom. The maximum atomic E-state index is 12.2. The van der Waals surface area contributed by atoms with Gasteiger partial charge in [-0.1, -0.05) is 18.2 Å². The number of thiophene rings is 1. The Labute approximate surface area is 122 Å². The van der Waals surface area contributed by atoms with Crippen LogP contribution in [-0.4, -0.2) is 23.9 Å². The molecule has 4 nitrogen and oxygen atoms in total. The number of amides is 1.